The van der Waals surface area contributed by atoms with Gasteiger partial charge in [0.1, 0.15) is 17.2 Å². The van der Waals surface area contributed by atoms with Crippen LogP contribution in [0.15, 0.2) is 46.0 Å². The lowest BCUT2D eigenvalue weighted by Crippen LogP contribution is -2.60. The number of hydrogen-bond donors (Lipinski definition) is 2. The van der Waals surface area contributed by atoms with Gasteiger partial charge in [-0.25, -0.2) is 14.2 Å². The van der Waals surface area contributed by atoms with E-state index >= 15 is 0 Å². The molecule has 0 saturated heterocycles. The maximum absolute atomic E-state index is 14.5. The summed E-state index contributed by atoms with van der Waals surface area (Å²) in [6.07, 6.45) is -4.26. The van der Waals surface area contributed by atoms with E-state index in [0.717, 1.165) is 13.0 Å². The second-order valence-electron chi connectivity index (χ2n) is 7.11. The molecule has 0 aliphatic carbocycles. The van der Waals surface area contributed by atoms with Gasteiger partial charge in [0.25, 0.3) is 0 Å². The predicted molar refractivity (Wildman–Crippen MR) is 107 cm³/mol. The highest BCUT2D eigenvalue weighted by atomic mass is 79.9. The smallest absolute Gasteiger partial charge is 0.391 e. The van der Waals surface area contributed by atoms with Crippen molar-refractivity contribution in [1.29, 1.82) is 0 Å². The van der Waals surface area contributed by atoms with Gasteiger partial charge in [0.15, 0.2) is 0 Å². The third-order valence-corrected chi connectivity index (χ3v) is 5.20. The number of pyridine rings is 1. The van der Waals surface area contributed by atoms with Crippen LogP contribution in [0.25, 0.3) is 0 Å². The lowest BCUT2D eigenvalue weighted by atomic mass is 9.89. The van der Waals surface area contributed by atoms with Crippen LogP contribution < -0.4 is 15.8 Å². The Morgan fingerprint density at radius 3 is 2.58 bits per heavy atom. The van der Waals surface area contributed by atoms with Gasteiger partial charge in [0.2, 0.25) is 11.5 Å². The van der Waals surface area contributed by atoms with E-state index in [1.807, 2.05) is 0 Å². The van der Waals surface area contributed by atoms with E-state index < -0.39 is 41.7 Å². The molecule has 0 saturated carbocycles. The van der Waals surface area contributed by atoms with Crippen LogP contribution >= 0.6 is 15.9 Å². The number of alkyl halides is 3. The molecule has 1 aromatic heterocycles. The highest BCUT2D eigenvalue weighted by Crippen LogP contribution is 2.41. The molecule has 2 atom stereocenters. The summed E-state index contributed by atoms with van der Waals surface area (Å²) in [6, 6.07) is 6.59. The summed E-state index contributed by atoms with van der Waals surface area (Å²) in [5.74, 6) is -1.56. The first-order valence-corrected chi connectivity index (χ1v) is 9.60. The molecule has 12 heteroatoms. The summed E-state index contributed by atoms with van der Waals surface area (Å²) in [4.78, 5) is 19.9. The maximum atomic E-state index is 14.5. The molecule has 0 spiro atoms. The summed E-state index contributed by atoms with van der Waals surface area (Å²) in [6.45, 7) is 1.55. The first kappa shape index (κ1) is 22.9. The van der Waals surface area contributed by atoms with Crippen molar-refractivity contribution in [1.82, 2.24) is 4.98 Å². The summed E-state index contributed by atoms with van der Waals surface area (Å²) in [7, 11) is 0. The number of rotatable bonds is 3. The zero-order valence-electron chi connectivity index (χ0n) is 16.3. The standard InChI is InChI=1S/C19H17BrF4N4O3/c1-17(9-30-18(2,15(25)28-17)19(22,23)24)12-7-11(4-5-13(12)21)27-16(29)31-14-6-3-10(20)8-26-14/h3-8H,9H2,1-2H3,(H2,25,28)(H,27,29)/t17-,18+/m0/s1. The number of nitrogens with two attached hydrogens (primary N) is 1. The Morgan fingerprint density at radius 2 is 2.00 bits per heavy atom. The number of carbonyl (C=O) groups excluding carboxylic acids is 1. The number of nitrogens with zero attached hydrogens (tertiary/aromatic N) is 2. The number of amidine groups is 1. The van der Waals surface area contributed by atoms with Gasteiger partial charge in [-0.1, -0.05) is 0 Å². The van der Waals surface area contributed by atoms with Gasteiger partial charge >= 0.3 is 12.3 Å². The van der Waals surface area contributed by atoms with Crippen LogP contribution in [0.1, 0.15) is 19.4 Å². The largest absolute Gasteiger partial charge is 0.424 e. The third-order valence-electron chi connectivity index (χ3n) is 4.73. The van der Waals surface area contributed by atoms with Crippen LogP contribution in [0.2, 0.25) is 0 Å². The molecule has 1 aromatic carbocycles. The molecule has 3 rings (SSSR count). The van der Waals surface area contributed by atoms with Crippen molar-refractivity contribution < 1.29 is 31.8 Å². The number of ether oxygens (including phenoxy) is 2. The number of aliphatic imine (C=N–C) groups is 1. The second-order valence-corrected chi connectivity index (χ2v) is 8.03. The SMILES string of the molecule is C[C@@]1(c2cc(NC(=O)Oc3ccc(Br)cn3)ccc2F)CO[C@@](C)(C(F)(F)F)C(N)=N1. The average Bonchev–Trinajstić information content (AvgIpc) is 2.67. The fraction of sp³-hybridized carbons (Fsp3) is 0.316. The number of halogens is 5. The predicted octanol–water partition coefficient (Wildman–Crippen LogP) is 4.52. The Hall–Kier alpha value is -2.73. The van der Waals surface area contributed by atoms with E-state index in [4.69, 9.17) is 15.2 Å². The lowest BCUT2D eigenvalue weighted by molar-refractivity contribution is -0.249. The van der Waals surface area contributed by atoms with Gasteiger partial charge in [-0.05, 0) is 54.0 Å². The van der Waals surface area contributed by atoms with Crippen molar-refractivity contribution >= 4 is 33.5 Å². The molecule has 1 aliphatic heterocycles. The van der Waals surface area contributed by atoms with Crippen molar-refractivity contribution in [3.8, 4) is 5.88 Å². The Morgan fingerprint density at radius 1 is 1.29 bits per heavy atom. The molecule has 3 N–H and O–H groups in total. The number of hydrogen-bond acceptors (Lipinski definition) is 6. The van der Waals surface area contributed by atoms with Crippen LogP contribution in [0, 0.1) is 5.82 Å². The van der Waals surface area contributed by atoms with Crippen molar-refractivity contribution in [2.45, 2.75) is 31.2 Å². The van der Waals surface area contributed by atoms with Gasteiger partial charge < -0.3 is 15.2 Å². The fourth-order valence-electron chi connectivity index (χ4n) is 2.81. The zero-order chi connectivity index (χ0) is 23.0. The Labute approximate surface area is 182 Å². The summed E-state index contributed by atoms with van der Waals surface area (Å²) < 4.78 is 65.1. The molecule has 166 valence electrons. The number of aromatic nitrogens is 1. The Balaban J connectivity index is 1.84. The van der Waals surface area contributed by atoms with Crippen LogP contribution in [-0.2, 0) is 10.3 Å². The van der Waals surface area contributed by atoms with E-state index in [1.54, 1.807) is 6.07 Å². The Kier molecular flexibility index (Phi) is 5.98. The second kappa shape index (κ2) is 8.08. The zero-order valence-corrected chi connectivity index (χ0v) is 17.8. The third kappa shape index (κ3) is 4.64. The molecule has 1 aliphatic rings. The van der Waals surface area contributed by atoms with Crippen LogP contribution in [0.5, 0.6) is 5.88 Å². The minimum atomic E-state index is -4.80. The van der Waals surface area contributed by atoms with Crippen molar-refractivity contribution in [3.05, 3.63) is 52.4 Å². The van der Waals surface area contributed by atoms with Crippen molar-refractivity contribution in [3.63, 3.8) is 0 Å². The average molecular weight is 505 g/mol. The van der Waals surface area contributed by atoms with Gasteiger partial charge in [-0.3, -0.25) is 10.3 Å². The molecular formula is C19H17BrF4N4O3. The molecule has 0 radical (unpaired) electrons. The van der Waals surface area contributed by atoms with Crippen LogP contribution in [-0.4, -0.2) is 35.3 Å². The number of carbonyl (C=O) groups is 1. The molecule has 0 bridgehead atoms. The summed E-state index contributed by atoms with van der Waals surface area (Å²) >= 11 is 3.20. The van der Waals surface area contributed by atoms with E-state index in [0.29, 0.717) is 4.47 Å². The van der Waals surface area contributed by atoms with E-state index in [2.05, 4.69) is 31.2 Å². The van der Waals surface area contributed by atoms with Gasteiger partial charge in [0.05, 0.1) is 6.61 Å². The molecule has 0 fully saturated rings. The lowest BCUT2D eigenvalue weighted by Gasteiger charge is -2.41. The van der Waals surface area contributed by atoms with Crippen molar-refractivity contribution in [2.75, 3.05) is 11.9 Å². The minimum absolute atomic E-state index is 0.0273. The number of nitrogens with one attached hydrogen (secondary N) is 1. The van der Waals surface area contributed by atoms with Gasteiger partial charge in [-0.2, -0.15) is 13.2 Å². The highest BCUT2D eigenvalue weighted by molar-refractivity contribution is 9.10. The number of benzene rings is 1. The minimum Gasteiger partial charge on any atom is -0.391 e. The molecular weight excluding hydrogens is 488 g/mol. The maximum Gasteiger partial charge on any atom is 0.424 e. The number of amides is 1. The van der Waals surface area contributed by atoms with E-state index in [-0.39, 0.29) is 17.1 Å². The number of anilines is 1. The van der Waals surface area contributed by atoms with Gasteiger partial charge in [-0.15, -0.1) is 0 Å². The molecule has 1 amide bonds. The Bertz CT molecular complexity index is 1030. The van der Waals surface area contributed by atoms with Crippen LogP contribution in [0.3, 0.4) is 0 Å². The first-order valence-electron chi connectivity index (χ1n) is 8.81. The topological polar surface area (TPSA) is 98.8 Å². The normalized spacial score (nSPS) is 23.8. The molecule has 7 nitrogen and oxygen atoms in total. The van der Waals surface area contributed by atoms with Crippen LogP contribution in [0.4, 0.5) is 28.0 Å². The highest BCUT2D eigenvalue weighted by Gasteiger charge is 2.59. The van der Waals surface area contributed by atoms with E-state index in [1.165, 1.54) is 31.3 Å². The quantitative estimate of drug-likeness (QED) is 0.598. The summed E-state index contributed by atoms with van der Waals surface area (Å²) in [5, 5.41) is 2.40. The first-order chi connectivity index (χ1) is 14.3. The summed E-state index contributed by atoms with van der Waals surface area (Å²) in [5.41, 5.74) is 1.25. The van der Waals surface area contributed by atoms with E-state index in [9.17, 15) is 22.4 Å². The molecule has 0 unspecified atom stereocenters. The molecule has 2 heterocycles. The van der Waals surface area contributed by atoms with Crippen molar-refractivity contribution in [2.24, 2.45) is 10.7 Å². The molecule has 2 aromatic rings. The fourth-order valence-corrected chi connectivity index (χ4v) is 3.04. The van der Waals surface area contributed by atoms with Gasteiger partial charge in [0, 0.05) is 28.0 Å². The monoisotopic (exact) mass is 504 g/mol. The molecule has 31 heavy (non-hydrogen) atoms.